The summed E-state index contributed by atoms with van der Waals surface area (Å²) in [5.41, 5.74) is 11.7. The van der Waals surface area contributed by atoms with Gasteiger partial charge in [0.05, 0.1) is 27.8 Å². The zero-order valence-electron chi connectivity index (χ0n) is 32.4. The molecule has 0 saturated heterocycles. The lowest BCUT2D eigenvalue weighted by atomic mass is 9.99. The zero-order valence-corrected chi connectivity index (χ0v) is 32.4. The van der Waals surface area contributed by atoms with Crippen LogP contribution in [0.25, 0.3) is 111 Å². The van der Waals surface area contributed by atoms with E-state index in [-0.39, 0.29) is 0 Å². The molecule has 0 aliphatic rings. The predicted molar refractivity (Wildman–Crippen MR) is 248 cm³/mol. The first-order chi connectivity index (χ1) is 29.7. The van der Waals surface area contributed by atoms with E-state index in [2.05, 4.69) is 221 Å². The molecular formula is C55H35N5. The number of hydrogen-bond donors (Lipinski definition) is 0. The van der Waals surface area contributed by atoms with Crippen molar-refractivity contribution in [2.75, 3.05) is 0 Å². The van der Waals surface area contributed by atoms with E-state index < -0.39 is 0 Å². The molecule has 0 unspecified atom stereocenters. The fourth-order valence-corrected chi connectivity index (χ4v) is 8.96. The lowest BCUT2D eigenvalue weighted by molar-refractivity contribution is 0.952. The molecule has 280 valence electrons. The highest BCUT2D eigenvalue weighted by Crippen LogP contribution is 2.38. The van der Waals surface area contributed by atoms with Crippen molar-refractivity contribution in [2.24, 2.45) is 0 Å². The van der Waals surface area contributed by atoms with Crippen LogP contribution in [0.2, 0.25) is 0 Å². The molecule has 60 heavy (non-hydrogen) atoms. The van der Waals surface area contributed by atoms with Crippen molar-refractivity contribution in [3.63, 3.8) is 0 Å². The lowest BCUT2D eigenvalue weighted by Crippen LogP contribution is -2.08. The van der Waals surface area contributed by atoms with E-state index in [9.17, 15) is 0 Å². The summed E-state index contributed by atoms with van der Waals surface area (Å²) in [6.07, 6.45) is 0. The molecule has 0 radical (unpaired) electrons. The van der Waals surface area contributed by atoms with Gasteiger partial charge in [-0.25, -0.2) is 4.98 Å². The Morgan fingerprint density at radius 1 is 0.283 bits per heavy atom. The van der Waals surface area contributed by atoms with Gasteiger partial charge in [0.15, 0.2) is 11.6 Å². The third-order valence-electron chi connectivity index (χ3n) is 11.8. The molecule has 0 aliphatic heterocycles. The molecule has 0 fully saturated rings. The molecule has 0 N–H and O–H groups in total. The van der Waals surface area contributed by atoms with Crippen LogP contribution >= 0.6 is 0 Å². The largest absolute Gasteiger partial charge is 0.309 e. The van der Waals surface area contributed by atoms with Crippen LogP contribution < -0.4 is 0 Å². The maximum absolute atomic E-state index is 5.43. The number of para-hydroxylation sites is 4. The number of fused-ring (bicyclic) bond motifs is 7. The van der Waals surface area contributed by atoms with Crippen molar-refractivity contribution in [1.82, 2.24) is 24.1 Å². The molecule has 5 nitrogen and oxygen atoms in total. The Morgan fingerprint density at radius 3 is 1.60 bits per heavy atom. The first-order valence-corrected chi connectivity index (χ1v) is 20.3. The second-order valence-electron chi connectivity index (χ2n) is 15.3. The number of aromatic nitrogens is 5. The molecular weight excluding hydrogens is 731 g/mol. The van der Waals surface area contributed by atoms with Gasteiger partial charge in [-0.15, -0.1) is 0 Å². The fraction of sp³-hybridized carbons (Fsp3) is 0. The van der Waals surface area contributed by atoms with Crippen molar-refractivity contribution in [1.29, 1.82) is 0 Å². The predicted octanol–water partition coefficient (Wildman–Crippen LogP) is 13.9. The monoisotopic (exact) mass is 765 g/mol. The van der Waals surface area contributed by atoms with Crippen LogP contribution in [0.1, 0.15) is 0 Å². The van der Waals surface area contributed by atoms with E-state index >= 15 is 0 Å². The summed E-state index contributed by atoms with van der Waals surface area (Å²) in [6, 6.07) is 75.1. The van der Waals surface area contributed by atoms with Crippen LogP contribution in [0, 0.1) is 0 Å². The Morgan fingerprint density at radius 2 is 0.817 bits per heavy atom. The SMILES string of the molecule is c1ccc(-c2ccc3c(c2)c2ccccc2n3-c2nc(-c3cccc(-c4ccc5ccccc5c4)c3)nc(-c3ccccc3-n3c4ccccc4c4ccccc43)n2)cc1. The van der Waals surface area contributed by atoms with Gasteiger partial charge in [-0.3, -0.25) is 4.57 Å². The van der Waals surface area contributed by atoms with Gasteiger partial charge in [0.25, 0.3) is 0 Å². The molecule has 3 aromatic heterocycles. The van der Waals surface area contributed by atoms with Crippen LogP contribution in [0.5, 0.6) is 0 Å². The molecule has 12 rings (SSSR count). The summed E-state index contributed by atoms with van der Waals surface area (Å²) in [5.74, 6) is 1.75. The molecule has 0 amide bonds. The van der Waals surface area contributed by atoms with Crippen molar-refractivity contribution in [3.05, 3.63) is 212 Å². The van der Waals surface area contributed by atoms with Crippen LogP contribution in [0.3, 0.4) is 0 Å². The third-order valence-corrected chi connectivity index (χ3v) is 11.8. The smallest absolute Gasteiger partial charge is 0.238 e. The molecule has 5 heteroatoms. The summed E-state index contributed by atoms with van der Waals surface area (Å²) >= 11 is 0. The number of nitrogens with zero attached hydrogens (tertiary/aromatic N) is 5. The van der Waals surface area contributed by atoms with E-state index in [1.54, 1.807) is 0 Å². The van der Waals surface area contributed by atoms with Gasteiger partial charge in [-0.1, -0.05) is 158 Å². The summed E-state index contributed by atoms with van der Waals surface area (Å²) in [4.78, 5) is 16.2. The quantitative estimate of drug-likeness (QED) is 0.169. The molecule has 0 atom stereocenters. The molecule has 0 saturated carbocycles. The Balaban J connectivity index is 1.11. The van der Waals surface area contributed by atoms with E-state index in [0.29, 0.717) is 17.6 Å². The van der Waals surface area contributed by atoms with Crippen molar-refractivity contribution < 1.29 is 0 Å². The highest BCUT2D eigenvalue weighted by molar-refractivity contribution is 6.11. The molecule has 3 heterocycles. The normalized spacial score (nSPS) is 11.7. The van der Waals surface area contributed by atoms with E-state index in [1.807, 2.05) is 0 Å². The average molecular weight is 766 g/mol. The molecule has 0 spiro atoms. The van der Waals surface area contributed by atoms with Gasteiger partial charge in [0, 0.05) is 32.7 Å². The van der Waals surface area contributed by atoms with E-state index in [4.69, 9.17) is 15.0 Å². The highest BCUT2D eigenvalue weighted by Gasteiger charge is 2.21. The van der Waals surface area contributed by atoms with Gasteiger partial charge >= 0.3 is 0 Å². The van der Waals surface area contributed by atoms with Crippen molar-refractivity contribution in [3.8, 4) is 56.7 Å². The minimum absolute atomic E-state index is 0.557. The summed E-state index contributed by atoms with van der Waals surface area (Å²) < 4.78 is 4.54. The van der Waals surface area contributed by atoms with Crippen LogP contribution in [-0.2, 0) is 0 Å². The first kappa shape index (κ1) is 33.9. The minimum Gasteiger partial charge on any atom is -0.309 e. The Labute approximate surface area is 346 Å². The maximum atomic E-state index is 5.43. The summed E-state index contributed by atoms with van der Waals surface area (Å²) in [7, 11) is 0. The van der Waals surface area contributed by atoms with Gasteiger partial charge in [-0.2, -0.15) is 9.97 Å². The lowest BCUT2D eigenvalue weighted by Gasteiger charge is -2.15. The first-order valence-electron chi connectivity index (χ1n) is 20.3. The van der Waals surface area contributed by atoms with Crippen LogP contribution in [0.15, 0.2) is 212 Å². The third kappa shape index (κ3) is 5.52. The molecule has 9 aromatic carbocycles. The van der Waals surface area contributed by atoms with Gasteiger partial charge < -0.3 is 4.57 Å². The number of hydrogen-bond acceptors (Lipinski definition) is 3. The molecule has 0 bridgehead atoms. The van der Waals surface area contributed by atoms with E-state index in [1.165, 1.54) is 27.1 Å². The van der Waals surface area contributed by atoms with Crippen LogP contribution in [-0.4, -0.2) is 24.1 Å². The second kappa shape index (κ2) is 13.8. The minimum atomic E-state index is 0.557. The van der Waals surface area contributed by atoms with Gasteiger partial charge in [-0.05, 0) is 87.6 Å². The van der Waals surface area contributed by atoms with Crippen LogP contribution in [0.4, 0.5) is 0 Å². The Bertz CT molecular complexity index is 3560. The average Bonchev–Trinajstić information content (AvgIpc) is 3.84. The summed E-state index contributed by atoms with van der Waals surface area (Å²) in [5, 5.41) is 7.09. The van der Waals surface area contributed by atoms with Crippen molar-refractivity contribution >= 4 is 54.4 Å². The maximum Gasteiger partial charge on any atom is 0.238 e. The topological polar surface area (TPSA) is 48.5 Å². The number of benzene rings is 9. The summed E-state index contributed by atoms with van der Waals surface area (Å²) in [6.45, 7) is 0. The molecule has 0 aliphatic carbocycles. The van der Waals surface area contributed by atoms with Gasteiger partial charge in [0.2, 0.25) is 5.95 Å². The standard InChI is InChI=1S/C55H35N5/c1-2-15-36(16-3-1)41-31-32-52-47(35-41)45-23-8-12-27-50(45)60(52)55-57-53(42-20-14-19-39(34-42)40-30-29-37-17-4-5-18-38(37)33-40)56-54(58-55)46-24-9-13-28-51(46)59-48-25-10-6-21-43(48)44-22-7-11-26-49(44)59/h1-35H. The van der Waals surface area contributed by atoms with Gasteiger partial charge in [0.1, 0.15) is 0 Å². The zero-order chi connectivity index (χ0) is 39.6. The molecule has 12 aromatic rings. The highest BCUT2D eigenvalue weighted by atomic mass is 15.2. The Hall–Kier alpha value is -8.15. The Kier molecular flexibility index (Phi) is 7.78. The fourth-order valence-electron chi connectivity index (χ4n) is 8.96. The van der Waals surface area contributed by atoms with E-state index in [0.717, 1.165) is 66.3 Å². The second-order valence-corrected chi connectivity index (χ2v) is 15.3. The van der Waals surface area contributed by atoms with Crippen molar-refractivity contribution in [2.45, 2.75) is 0 Å². The number of rotatable bonds is 6.